The van der Waals surface area contributed by atoms with Gasteiger partial charge in [0.2, 0.25) is 5.91 Å². The summed E-state index contributed by atoms with van der Waals surface area (Å²) in [5.41, 5.74) is 1.74. The van der Waals surface area contributed by atoms with Crippen LogP contribution in [0, 0.1) is 5.92 Å². The summed E-state index contributed by atoms with van der Waals surface area (Å²) in [5, 5.41) is 2.60. The number of anilines is 2. The molecule has 2 aromatic carbocycles. The van der Waals surface area contributed by atoms with Crippen LogP contribution in [-0.4, -0.2) is 56.1 Å². The molecule has 10 nitrogen and oxygen atoms in total. The average molecular weight is 553 g/mol. The van der Waals surface area contributed by atoms with Crippen molar-refractivity contribution in [3.05, 3.63) is 59.7 Å². The van der Waals surface area contributed by atoms with Crippen LogP contribution in [0.5, 0.6) is 0 Å². The van der Waals surface area contributed by atoms with Crippen LogP contribution in [0.4, 0.5) is 11.4 Å². The number of ether oxygens (including phenoxy) is 3. The van der Waals surface area contributed by atoms with E-state index in [2.05, 4.69) is 12.2 Å². The first-order chi connectivity index (χ1) is 19.3. The largest absolute Gasteiger partial charge is 0.462 e. The van der Waals surface area contributed by atoms with Gasteiger partial charge in [-0.3, -0.25) is 14.4 Å². The summed E-state index contributed by atoms with van der Waals surface area (Å²) in [6.45, 7) is 4.38. The van der Waals surface area contributed by atoms with E-state index in [1.807, 2.05) is 6.92 Å². The van der Waals surface area contributed by atoms with Crippen molar-refractivity contribution >= 4 is 41.1 Å². The van der Waals surface area contributed by atoms with Gasteiger partial charge in [-0.15, -0.1) is 0 Å². The Labute approximate surface area is 234 Å². The van der Waals surface area contributed by atoms with Gasteiger partial charge in [-0.2, -0.15) is 0 Å². The van der Waals surface area contributed by atoms with Crippen molar-refractivity contribution in [1.29, 1.82) is 0 Å². The number of hydrogen-bond donors (Lipinski definition) is 1. The minimum absolute atomic E-state index is 0.0442. The molecule has 0 aliphatic carbocycles. The molecule has 40 heavy (non-hydrogen) atoms. The first kappa shape index (κ1) is 30.3. The number of nitrogens with zero attached hydrogens (tertiary/aromatic N) is 1. The van der Waals surface area contributed by atoms with E-state index < -0.39 is 36.3 Å². The highest BCUT2D eigenvalue weighted by Gasteiger charge is 2.36. The van der Waals surface area contributed by atoms with E-state index >= 15 is 0 Å². The van der Waals surface area contributed by atoms with E-state index in [0.717, 1.165) is 32.1 Å². The number of rotatable bonds is 14. The molecule has 0 bridgehead atoms. The lowest BCUT2D eigenvalue weighted by atomic mass is 10.1. The molecule has 1 atom stereocenters. The van der Waals surface area contributed by atoms with Crippen LogP contribution in [0.3, 0.4) is 0 Å². The molecule has 0 saturated carbocycles. The number of hydrogen-bond acceptors (Lipinski definition) is 8. The fourth-order valence-corrected chi connectivity index (χ4v) is 4.03. The van der Waals surface area contributed by atoms with Gasteiger partial charge in [0.15, 0.2) is 6.61 Å². The Morgan fingerprint density at radius 2 is 1.38 bits per heavy atom. The number of esters is 3. The van der Waals surface area contributed by atoms with Gasteiger partial charge in [-0.05, 0) is 61.4 Å². The molecule has 1 aliphatic heterocycles. The Morgan fingerprint density at radius 1 is 0.800 bits per heavy atom. The highest BCUT2D eigenvalue weighted by Crippen LogP contribution is 2.26. The number of nitrogens with one attached hydrogen (secondary N) is 1. The molecule has 1 heterocycles. The summed E-state index contributed by atoms with van der Waals surface area (Å²) in [6, 6.07) is 12.6. The Kier molecular flexibility index (Phi) is 11.7. The Balaban J connectivity index is 1.44. The third-order valence-electron chi connectivity index (χ3n) is 6.34. The summed E-state index contributed by atoms with van der Waals surface area (Å²) < 4.78 is 15.5. The number of amides is 2. The minimum Gasteiger partial charge on any atom is -0.462 e. The SMILES string of the molecule is CCCCCOC(=O)c1ccc(N2C[C@H](C(=O)OCC(=O)Nc3ccc(C(=O)OCCCC)cc3)CC2=O)cc1. The molecule has 214 valence electrons. The summed E-state index contributed by atoms with van der Waals surface area (Å²) in [5.74, 6) is -3.03. The second-order valence-corrected chi connectivity index (χ2v) is 9.52. The van der Waals surface area contributed by atoms with Crippen LogP contribution in [-0.2, 0) is 28.6 Å². The van der Waals surface area contributed by atoms with E-state index in [9.17, 15) is 24.0 Å². The molecule has 0 unspecified atom stereocenters. The molecule has 2 amide bonds. The lowest BCUT2D eigenvalue weighted by molar-refractivity contribution is -0.151. The maximum absolute atomic E-state index is 12.6. The van der Waals surface area contributed by atoms with E-state index in [4.69, 9.17) is 14.2 Å². The molecule has 1 N–H and O–H groups in total. The molecular weight excluding hydrogens is 516 g/mol. The predicted octanol–water partition coefficient (Wildman–Crippen LogP) is 4.53. The maximum Gasteiger partial charge on any atom is 0.338 e. The van der Waals surface area contributed by atoms with Gasteiger partial charge in [0.05, 0.1) is 30.3 Å². The molecule has 0 spiro atoms. The van der Waals surface area contributed by atoms with Crippen LogP contribution >= 0.6 is 0 Å². The number of carbonyl (C=O) groups excluding carboxylic acids is 5. The van der Waals surface area contributed by atoms with Crippen molar-refractivity contribution < 1.29 is 38.2 Å². The van der Waals surface area contributed by atoms with E-state index in [1.54, 1.807) is 36.4 Å². The monoisotopic (exact) mass is 552 g/mol. The quantitative estimate of drug-likeness (QED) is 0.206. The second-order valence-electron chi connectivity index (χ2n) is 9.52. The summed E-state index contributed by atoms with van der Waals surface area (Å²) >= 11 is 0. The van der Waals surface area contributed by atoms with Crippen molar-refractivity contribution in [2.75, 3.05) is 36.6 Å². The lowest BCUT2D eigenvalue weighted by Gasteiger charge is -2.17. The third-order valence-corrected chi connectivity index (χ3v) is 6.34. The smallest absolute Gasteiger partial charge is 0.338 e. The normalized spacial score (nSPS) is 14.5. The van der Waals surface area contributed by atoms with Crippen LogP contribution < -0.4 is 10.2 Å². The molecule has 1 aliphatic rings. The van der Waals surface area contributed by atoms with Crippen molar-refractivity contribution in [3.8, 4) is 0 Å². The van der Waals surface area contributed by atoms with Gasteiger partial charge in [-0.25, -0.2) is 9.59 Å². The van der Waals surface area contributed by atoms with Gasteiger partial charge in [0, 0.05) is 24.3 Å². The van der Waals surface area contributed by atoms with Crippen LogP contribution in [0.1, 0.15) is 73.1 Å². The second kappa shape index (κ2) is 15.4. The third kappa shape index (κ3) is 8.93. The van der Waals surface area contributed by atoms with Gasteiger partial charge >= 0.3 is 17.9 Å². The van der Waals surface area contributed by atoms with Crippen molar-refractivity contribution in [2.45, 2.75) is 52.4 Å². The maximum atomic E-state index is 12.6. The number of carbonyl (C=O) groups is 5. The van der Waals surface area contributed by atoms with Crippen LogP contribution in [0.15, 0.2) is 48.5 Å². The van der Waals surface area contributed by atoms with E-state index in [1.165, 1.54) is 17.0 Å². The fraction of sp³-hybridized carbons (Fsp3) is 0.433. The zero-order valence-corrected chi connectivity index (χ0v) is 23.0. The number of unbranched alkanes of at least 4 members (excludes halogenated alkanes) is 3. The van der Waals surface area contributed by atoms with Gasteiger partial charge in [0.25, 0.3) is 5.91 Å². The highest BCUT2D eigenvalue weighted by atomic mass is 16.5. The Morgan fingerprint density at radius 3 is 1.98 bits per heavy atom. The summed E-state index contributed by atoms with van der Waals surface area (Å²) in [6.07, 6.45) is 4.50. The molecule has 1 saturated heterocycles. The van der Waals surface area contributed by atoms with Crippen LogP contribution in [0.2, 0.25) is 0 Å². The first-order valence-corrected chi connectivity index (χ1v) is 13.6. The van der Waals surface area contributed by atoms with Crippen molar-refractivity contribution in [1.82, 2.24) is 0 Å². The summed E-state index contributed by atoms with van der Waals surface area (Å²) in [4.78, 5) is 63.0. The molecule has 2 aromatic rings. The highest BCUT2D eigenvalue weighted by molar-refractivity contribution is 6.00. The Hall–Kier alpha value is -4.21. The van der Waals surface area contributed by atoms with Crippen molar-refractivity contribution in [3.63, 3.8) is 0 Å². The molecule has 0 aromatic heterocycles. The zero-order valence-electron chi connectivity index (χ0n) is 23.0. The molecular formula is C30H36N2O8. The molecule has 0 radical (unpaired) electrons. The topological polar surface area (TPSA) is 128 Å². The summed E-state index contributed by atoms with van der Waals surface area (Å²) in [7, 11) is 0. The van der Waals surface area contributed by atoms with Crippen LogP contribution in [0.25, 0.3) is 0 Å². The average Bonchev–Trinajstić information content (AvgIpc) is 3.36. The first-order valence-electron chi connectivity index (χ1n) is 13.6. The van der Waals surface area contributed by atoms with Gasteiger partial charge in [-0.1, -0.05) is 33.1 Å². The molecule has 3 rings (SSSR count). The predicted molar refractivity (Wildman–Crippen MR) is 148 cm³/mol. The fourth-order valence-electron chi connectivity index (χ4n) is 4.03. The minimum atomic E-state index is -0.721. The van der Waals surface area contributed by atoms with Crippen molar-refractivity contribution in [2.24, 2.45) is 5.92 Å². The van der Waals surface area contributed by atoms with E-state index in [0.29, 0.717) is 35.7 Å². The number of benzene rings is 2. The van der Waals surface area contributed by atoms with E-state index in [-0.39, 0.29) is 18.9 Å². The zero-order chi connectivity index (χ0) is 28.9. The molecule has 10 heteroatoms. The Bertz CT molecular complexity index is 1180. The van der Waals surface area contributed by atoms with Gasteiger partial charge < -0.3 is 24.4 Å². The molecule has 1 fully saturated rings. The standard InChI is InChI=1S/C30H36N2O8/c1-3-5-7-17-39-29(36)22-10-14-25(15-11-22)32-19-23(18-27(32)34)30(37)40-20-26(33)31-24-12-8-21(9-13-24)28(35)38-16-6-4-2/h8-15,23H,3-7,16-20H2,1-2H3,(H,31,33)/t23-/m1/s1. The van der Waals surface area contributed by atoms with Gasteiger partial charge in [0.1, 0.15) is 0 Å². The lowest BCUT2D eigenvalue weighted by Crippen LogP contribution is -2.28.